The first kappa shape index (κ1) is 16.0. The van der Waals surface area contributed by atoms with Crippen molar-refractivity contribution in [3.8, 4) is 0 Å². The molecular formula is C11H13BrN2O6S. The minimum Gasteiger partial charge on any atom is -0.475 e. The maximum atomic E-state index is 12.3. The van der Waals surface area contributed by atoms with Gasteiger partial charge < -0.3 is 14.8 Å². The molecule has 1 fully saturated rings. The summed E-state index contributed by atoms with van der Waals surface area (Å²) in [6, 6.07) is 1.03. The summed E-state index contributed by atoms with van der Waals surface area (Å²) >= 11 is 2.87. The van der Waals surface area contributed by atoms with Gasteiger partial charge >= 0.3 is 5.97 Å². The lowest BCUT2D eigenvalue weighted by molar-refractivity contribution is -0.121. The molecule has 1 aromatic rings. The molecule has 0 atom stereocenters. The summed E-state index contributed by atoms with van der Waals surface area (Å²) in [7, 11) is -2.79. The highest BCUT2D eigenvalue weighted by Crippen LogP contribution is 2.28. The first-order valence-corrected chi connectivity index (χ1v) is 8.23. The molecule has 2 rings (SSSR count). The van der Waals surface area contributed by atoms with Gasteiger partial charge in [-0.1, -0.05) is 0 Å². The van der Waals surface area contributed by atoms with Gasteiger partial charge in [0.2, 0.25) is 21.7 Å². The topological polar surface area (TPSA) is 117 Å². The summed E-state index contributed by atoms with van der Waals surface area (Å²) < 4.78 is 30.0. The standard InChI is InChI=1S/C11H13BrN2O6S/c1-14(5-9(15)13-6-2-3-6)21(18,19)8-4-7(11(16)17)20-10(8)12/h4,6H,2-3,5H2,1H3,(H,13,15)(H,16,17). The van der Waals surface area contributed by atoms with E-state index in [9.17, 15) is 18.0 Å². The minimum atomic E-state index is -4.02. The predicted molar refractivity (Wildman–Crippen MR) is 74.3 cm³/mol. The molecule has 0 spiro atoms. The van der Waals surface area contributed by atoms with Crippen LogP contribution in [0.2, 0.25) is 0 Å². The van der Waals surface area contributed by atoms with Gasteiger partial charge in [0, 0.05) is 19.2 Å². The van der Waals surface area contributed by atoms with Crippen LogP contribution in [0.25, 0.3) is 0 Å². The van der Waals surface area contributed by atoms with Crippen LogP contribution < -0.4 is 5.32 Å². The van der Waals surface area contributed by atoms with Crippen molar-refractivity contribution in [2.45, 2.75) is 23.8 Å². The van der Waals surface area contributed by atoms with Crippen molar-refractivity contribution in [3.63, 3.8) is 0 Å². The second-order valence-corrected chi connectivity index (χ2v) is 7.39. The number of hydrogen-bond donors (Lipinski definition) is 2. The van der Waals surface area contributed by atoms with Gasteiger partial charge in [-0.25, -0.2) is 13.2 Å². The van der Waals surface area contributed by atoms with E-state index >= 15 is 0 Å². The summed E-state index contributed by atoms with van der Waals surface area (Å²) in [5, 5.41) is 11.5. The van der Waals surface area contributed by atoms with E-state index in [1.807, 2.05) is 0 Å². The molecule has 0 saturated heterocycles. The summed E-state index contributed by atoms with van der Waals surface area (Å²) in [6.45, 7) is -0.348. The number of carboxylic acid groups (broad SMARTS) is 1. The van der Waals surface area contributed by atoms with Crippen LogP contribution in [0.15, 0.2) is 20.0 Å². The number of nitrogens with zero attached hydrogens (tertiary/aromatic N) is 1. The molecule has 21 heavy (non-hydrogen) atoms. The highest BCUT2D eigenvalue weighted by Gasteiger charge is 2.31. The van der Waals surface area contributed by atoms with Gasteiger partial charge in [-0.3, -0.25) is 4.79 Å². The van der Waals surface area contributed by atoms with E-state index in [4.69, 9.17) is 9.52 Å². The Balaban J connectivity index is 2.15. The summed E-state index contributed by atoms with van der Waals surface area (Å²) in [5.41, 5.74) is 0. The first-order chi connectivity index (χ1) is 9.71. The van der Waals surface area contributed by atoms with Crippen LogP contribution in [0.5, 0.6) is 0 Å². The molecule has 1 heterocycles. The number of furan rings is 1. The zero-order valence-electron chi connectivity index (χ0n) is 11.0. The Kier molecular flexibility index (Phi) is 4.40. The molecule has 116 valence electrons. The molecule has 1 saturated carbocycles. The fraction of sp³-hybridized carbons (Fsp3) is 0.455. The molecule has 1 aromatic heterocycles. The number of rotatable bonds is 6. The van der Waals surface area contributed by atoms with E-state index in [1.165, 1.54) is 7.05 Å². The molecule has 0 bridgehead atoms. The van der Waals surface area contributed by atoms with E-state index in [0.29, 0.717) is 0 Å². The maximum Gasteiger partial charge on any atom is 0.371 e. The lowest BCUT2D eigenvalue weighted by Gasteiger charge is -2.15. The van der Waals surface area contributed by atoms with E-state index < -0.39 is 27.7 Å². The second-order valence-electron chi connectivity index (χ2n) is 4.66. The smallest absolute Gasteiger partial charge is 0.371 e. The van der Waals surface area contributed by atoms with Gasteiger partial charge in [0.15, 0.2) is 4.67 Å². The SMILES string of the molecule is CN(CC(=O)NC1CC1)S(=O)(=O)c1cc(C(=O)O)oc1Br. The fourth-order valence-corrected chi connectivity index (χ4v) is 3.62. The van der Waals surface area contributed by atoms with Crippen molar-refractivity contribution in [2.24, 2.45) is 0 Å². The van der Waals surface area contributed by atoms with Crippen molar-refractivity contribution in [1.29, 1.82) is 0 Å². The van der Waals surface area contributed by atoms with Crippen LogP contribution in [-0.2, 0) is 14.8 Å². The number of sulfonamides is 1. The number of amides is 1. The lowest BCUT2D eigenvalue weighted by atomic mass is 10.5. The average Bonchev–Trinajstić information content (AvgIpc) is 3.07. The number of aromatic carboxylic acids is 1. The minimum absolute atomic E-state index is 0.132. The predicted octanol–water partition coefficient (Wildman–Crippen LogP) is 0.639. The van der Waals surface area contributed by atoms with Crippen molar-refractivity contribution in [2.75, 3.05) is 13.6 Å². The molecule has 0 aromatic carbocycles. The lowest BCUT2D eigenvalue weighted by Crippen LogP contribution is -2.39. The summed E-state index contributed by atoms with van der Waals surface area (Å²) in [6.07, 6.45) is 1.80. The van der Waals surface area contributed by atoms with Crippen molar-refractivity contribution in [3.05, 3.63) is 16.5 Å². The Labute approximate surface area is 129 Å². The Hall–Kier alpha value is -1.39. The molecule has 1 aliphatic rings. The monoisotopic (exact) mass is 380 g/mol. The van der Waals surface area contributed by atoms with Gasteiger partial charge in [-0.15, -0.1) is 0 Å². The van der Waals surface area contributed by atoms with Crippen molar-refractivity contribution in [1.82, 2.24) is 9.62 Å². The Morgan fingerprint density at radius 2 is 2.14 bits per heavy atom. The van der Waals surface area contributed by atoms with Crippen molar-refractivity contribution >= 4 is 37.8 Å². The molecule has 0 unspecified atom stereocenters. The van der Waals surface area contributed by atoms with Gasteiger partial charge in [-0.2, -0.15) is 4.31 Å². The van der Waals surface area contributed by atoms with Crippen LogP contribution in [-0.4, -0.2) is 49.3 Å². The highest BCUT2D eigenvalue weighted by atomic mass is 79.9. The third-order valence-corrected chi connectivity index (χ3v) is 5.52. The average molecular weight is 381 g/mol. The zero-order chi connectivity index (χ0) is 15.8. The van der Waals surface area contributed by atoms with E-state index in [0.717, 1.165) is 23.2 Å². The quantitative estimate of drug-likeness (QED) is 0.747. The fourth-order valence-electron chi connectivity index (χ4n) is 1.59. The van der Waals surface area contributed by atoms with Crippen LogP contribution in [0.1, 0.15) is 23.4 Å². The molecule has 1 amide bonds. The molecule has 0 aliphatic heterocycles. The van der Waals surface area contributed by atoms with Crippen LogP contribution in [0, 0.1) is 0 Å². The maximum absolute atomic E-state index is 12.3. The zero-order valence-corrected chi connectivity index (χ0v) is 13.4. The number of nitrogens with one attached hydrogen (secondary N) is 1. The normalized spacial score (nSPS) is 15.2. The number of likely N-dealkylation sites (N-methyl/N-ethyl adjacent to an activating group) is 1. The number of halogens is 1. The van der Waals surface area contributed by atoms with E-state index in [2.05, 4.69) is 21.2 Å². The number of hydrogen-bond acceptors (Lipinski definition) is 5. The Bertz CT molecular complexity index is 679. The van der Waals surface area contributed by atoms with E-state index in [-0.39, 0.29) is 22.2 Å². The molecule has 10 heteroatoms. The van der Waals surface area contributed by atoms with Gasteiger partial charge in [0.05, 0.1) is 6.54 Å². The highest BCUT2D eigenvalue weighted by molar-refractivity contribution is 9.10. The first-order valence-electron chi connectivity index (χ1n) is 6.00. The van der Waals surface area contributed by atoms with Gasteiger partial charge in [0.25, 0.3) is 0 Å². The Morgan fingerprint density at radius 3 is 2.62 bits per heavy atom. The van der Waals surface area contributed by atoms with Gasteiger partial charge in [0.1, 0.15) is 4.90 Å². The van der Waals surface area contributed by atoms with Crippen LogP contribution in [0.3, 0.4) is 0 Å². The molecule has 2 N–H and O–H groups in total. The number of carboxylic acids is 1. The number of carbonyl (C=O) groups is 2. The molecule has 1 aliphatic carbocycles. The third-order valence-electron chi connectivity index (χ3n) is 2.86. The Morgan fingerprint density at radius 1 is 1.52 bits per heavy atom. The summed E-state index contributed by atoms with van der Waals surface area (Å²) in [5.74, 6) is -2.29. The van der Waals surface area contributed by atoms with E-state index in [1.54, 1.807) is 0 Å². The summed E-state index contributed by atoms with van der Waals surface area (Å²) in [4.78, 5) is 22.1. The second kappa shape index (κ2) is 5.78. The van der Waals surface area contributed by atoms with Crippen LogP contribution >= 0.6 is 15.9 Å². The molecule has 0 radical (unpaired) electrons. The largest absolute Gasteiger partial charge is 0.475 e. The van der Waals surface area contributed by atoms with Gasteiger partial charge in [-0.05, 0) is 28.8 Å². The molecular weight excluding hydrogens is 368 g/mol. The molecule has 8 nitrogen and oxygen atoms in total. The van der Waals surface area contributed by atoms with Crippen LogP contribution in [0.4, 0.5) is 0 Å². The third kappa shape index (κ3) is 3.63. The van der Waals surface area contributed by atoms with Crippen molar-refractivity contribution < 1.29 is 27.5 Å². The number of carbonyl (C=O) groups excluding carboxylic acids is 1.